The molecule has 132 valence electrons. The van der Waals surface area contributed by atoms with Gasteiger partial charge in [-0.3, -0.25) is 9.59 Å². The van der Waals surface area contributed by atoms with Gasteiger partial charge in [-0.1, -0.05) is 23.2 Å². The number of aromatic nitrogens is 1. The lowest BCUT2D eigenvalue weighted by Crippen LogP contribution is -2.14. The number of thioether (sulfide) groups is 1. The van der Waals surface area contributed by atoms with E-state index in [-0.39, 0.29) is 28.5 Å². The van der Waals surface area contributed by atoms with Crippen LogP contribution in [0, 0.1) is 11.3 Å². The SMILES string of the molecule is N#Cc1c(SCC(=O)Nc2cc(Cl)ccc2Cl)sc2c(O)cc(=O)[nH]c12. The Bertz CT molecular complexity index is 1120. The highest BCUT2D eigenvalue weighted by Crippen LogP contribution is 2.40. The molecule has 0 saturated heterocycles. The second-order valence-electron chi connectivity index (χ2n) is 5.06. The summed E-state index contributed by atoms with van der Waals surface area (Å²) >= 11 is 14.1. The van der Waals surface area contributed by atoms with Crippen molar-refractivity contribution >= 4 is 68.1 Å². The molecule has 0 saturated carbocycles. The number of nitrogens with zero attached hydrogens (tertiary/aromatic N) is 1. The second kappa shape index (κ2) is 7.60. The van der Waals surface area contributed by atoms with E-state index in [9.17, 15) is 20.0 Å². The van der Waals surface area contributed by atoms with E-state index < -0.39 is 5.56 Å². The molecule has 3 rings (SSSR count). The molecule has 0 spiro atoms. The molecule has 26 heavy (non-hydrogen) atoms. The number of nitriles is 1. The molecule has 0 aliphatic rings. The van der Waals surface area contributed by atoms with Crippen LogP contribution in [0.25, 0.3) is 10.2 Å². The fourth-order valence-electron chi connectivity index (χ4n) is 2.17. The molecular formula is C16H9Cl2N3O3S2. The average Bonchev–Trinajstić information content (AvgIpc) is 2.94. The van der Waals surface area contributed by atoms with Crippen LogP contribution in [0.1, 0.15) is 5.56 Å². The fraction of sp³-hybridized carbons (Fsp3) is 0.0625. The smallest absolute Gasteiger partial charge is 0.252 e. The Kier molecular flexibility index (Phi) is 5.44. The summed E-state index contributed by atoms with van der Waals surface area (Å²) in [7, 11) is 0. The highest BCUT2D eigenvalue weighted by atomic mass is 35.5. The van der Waals surface area contributed by atoms with Gasteiger partial charge in [0, 0.05) is 11.1 Å². The molecule has 0 aliphatic carbocycles. The predicted molar refractivity (Wildman–Crippen MR) is 105 cm³/mol. The maximum atomic E-state index is 12.2. The molecule has 3 aromatic rings. The number of aromatic amines is 1. The number of benzene rings is 1. The Morgan fingerprint density at radius 3 is 2.88 bits per heavy atom. The summed E-state index contributed by atoms with van der Waals surface area (Å²) in [5.74, 6) is -0.527. The molecule has 1 aromatic carbocycles. The molecule has 1 amide bonds. The molecule has 2 heterocycles. The topological polar surface area (TPSA) is 106 Å². The van der Waals surface area contributed by atoms with Crippen molar-refractivity contribution in [2.75, 3.05) is 11.1 Å². The van der Waals surface area contributed by atoms with Crippen LogP contribution in [0.15, 0.2) is 33.3 Å². The summed E-state index contributed by atoms with van der Waals surface area (Å²) in [6.07, 6.45) is 0. The van der Waals surface area contributed by atoms with Crippen LogP contribution in [0.3, 0.4) is 0 Å². The van der Waals surface area contributed by atoms with Gasteiger partial charge in [0.25, 0.3) is 5.56 Å². The quantitative estimate of drug-likeness (QED) is 0.542. The number of hydrogen-bond donors (Lipinski definition) is 3. The van der Waals surface area contributed by atoms with Crippen molar-refractivity contribution in [3.63, 3.8) is 0 Å². The number of aromatic hydroxyl groups is 1. The number of pyridine rings is 1. The fourth-order valence-corrected chi connectivity index (χ4v) is 4.65. The zero-order chi connectivity index (χ0) is 18.8. The zero-order valence-corrected chi connectivity index (χ0v) is 15.9. The van der Waals surface area contributed by atoms with E-state index in [2.05, 4.69) is 10.3 Å². The number of carbonyl (C=O) groups is 1. The molecule has 6 nitrogen and oxygen atoms in total. The number of fused-ring (bicyclic) bond motifs is 1. The summed E-state index contributed by atoms with van der Waals surface area (Å²) in [6.45, 7) is 0. The van der Waals surface area contributed by atoms with Crippen molar-refractivity contribution in [3.8, 4) is 11.8 Å². The van der Waals surface area contributed by atoms with Crippen LogP contribution in [-0.2, 0) is 4.79 Å². The van der Waals surface area contributed by atoms with Gasteiger partial charge in [0.1, 0.15) is 17.4 Å². The summed E-state index contributed by atoms with van der Waals surface area (Å²) in [6, 6.07) is 7.77. The first-order valence-corrected chi connectivity index (χ1v) is 9.61. The Hall–Kier alpha value is -2.18. The number of carbonyl (C=O) groups excluding carboxylic acids is 1. The van der Waals surface area contributed by atoms with Gasteiger partial charge in [0.15, 0.2) is 0 Å². The minimum absolute atomic E-state index is 0.00926. The molecule has 2 aromatic heterocycles. The van der Waals surface area contributed by atoms with Gasteiger partial charge in [0.2, 0.25) is 5.91 Å². The molecule has 3 N–H and O–H groups in total. The number of thiophene rings is 1. The van der Waals surface area contributed by atoms with E-state index in [1.165, 1.54) is 6.07 Å². The summed E-state index contributed by atoms with van der Waals surface area (Å²) in [5, 5.41) is 22.7. The number of rotatable bonds is 4. The van der Waals surface area contributed by atoms with Gasteiger partial charge in [0.05, 0.1) is 30.9 Å². The van der Waals surface area contributed by atoms with E-state index in [1.807, 2.05) is 6.07 Å². The number of hydrogen-bond acceptors (Lipinski definition) is 6. The van der Waals surface area contributed by atoms with Crippen LogP contribution < -0.4 is 10.9 Å². The first kappa shape index (κ1) is 18.6. The highest BCUT2D eigenvalue weighted by molar-refractivity contribution is 8.02. The number of halogens is 2. The van der Waals surface area contributed by atoms with Gasteiger partial charge in [-0.15, -0.1) is 23.1 Å². The Labute approximate surface area is 165 Å². The number of amides is 1. The first-order valence-electron chi connectivity index (χ1n) is 7.05. The minimum Gasteiger partial charge on any atom is -0.506 e. The average molecular weight is 426 g/mol. The Balaban J connectivity index is 1.80. The van der Waals surface area contributed by atoms with E-state index in [0.717, 1.165) is 29.2 Å². The van der Waals surface area contributed by atoms with Crippen LogP contribution in [0.5, 0.6) is 5.75 Å². The van der Waals surface area contributed by atoms with E-state index in [0.29, 0.717) is 24.6 Å². The number of nitrogens with one attached hydrogen (secondary N) is 2. The lowest BCUT2D eigenvalue weighted by atomic mass is 10.3. The van der Waals surface area contributed by atoms with E-state index in [4.69, 9.17) is 23.2 Å². The molecule has 0 bridgehead atoms. The van der Waals surface area contributed by atoms with Crippen LogP contribution in [0.4, 0.5) is 5.69 Å². The van der Waals surface area contributed by atoms with Crippen molar-refractivity contribution in [3.05, 3.63) is 50.2 Å². The lowest BCUT2D eigenvalue weighted by molar-refractivity contribution is -0.113. The molecular weight excluding hydrogens is 417 g/mol. The zero-order valence-electron chi connectivity index (χ0n) is 12.8. The number of anilines is 1. The van der Waals surface area contributed by atoms with Gasteiger partial charge in [-0.25, -0.2) is 0 Å². The molecule has 0 unspecified atom stereocenters. The second-order valence-corrected chi connectivity index (χ2v) is 8.17. The van der Waals surface area contributed by atoms with Gasteiger partial charge >= 0.3 is 0 Å². The molecule has 0 aliphatic heterocycles. The van der Waals surface area contributed by atoms with Gasteiger partial charge in [-0.2, -0.15) is 5.26 Å². The third kappa shape index (κ3) is 3.81. The van der Waals surface area contributed by atoms with E-state index in [1.54, 1.807) is 12.1 Å². The van der Waals surface area contributed by atoms with Crippen LogP contribution in [-0.4, -0.2) is 21.8 Å². The molecule has 0 radical (unpaired) electrons. The van der Waals surface area contributed by atoms with E-state index >= 15 is 0 Å². The van der Waals surface area contributed by atoms with Crippen molar-refractivity contribution in [2.24, 2.45) is 0 Å². The van der Waals surface area contributed by atoms with Crippen molar-refractivity contribution in [1.29, 1.82) is 5.26 Å². The van der Waals surface area contributed by atoms with Crippen molar-refractivity contribution in [1.82, 2.24) is 4.98 Å². The lowest BCUT2D eigenvalue weighted by Gasteiger charge is -2.07. The number of H-pyrrole nitrogens is 1. The molecule has 0 atom stereocenters. The molecule has 10 heteroatoms. The van der Waals surface area contributed by atoms with Crippen LogP contribution >= 0.6 is 46.3 Å². The summed E-state index contributed by atoms with van der Waals surface area (Å²) < 4.78 is 0.911. The highest BCUT2D eigenvalue weighted by Gasteiger charge is 2.18. The minimum atomic E-state index is -0.505. The maximum Gasteiger partial charge on any atom is 0.252 e. The Morgan fingerprint density at radius 2 is 2.15 bits per heavy atom. The molecule has 0 fully saturated rings. The monoisotopic (exact) mass is 425 g/mol. The maximum absolute atomic E-state index is 12.2. The summed E-state index contributed by atoms with van der Waals surface area (Å²) in [5.41, 5.74) is 0.373. The van der Waals surface area contributed by atoms with Gasteiger partial charge in [-0.05, 0) is 18.2 Å². The Morgan fingerprint density at radius 1 is 1.38 bits per heavy atom. The van der Waals surface area contributed by atoms with Crippen molar-refractivity contribution in [2.45, 2.75) is 4.21 Å². The first-order chi connectivity index (χ1) is 12.4. The van der Waals surface area contributed by atoms with Gasteiger partial charge < -0.3 is 15.4 Å². The predicted octanol–water partition coefficient (Wildman–Crippen LogP) is 4.20. The summed E-state index contributed by atoms with van der Waals surface area (Å²) in [4.78, 5) is 26.2. The normalized spacial score (nSPS) is 10.7. The van der Waals surface area contributed by atoms with Crippen LogP contribution in [0.2, 0.25) is 10.0 Å². The largest absolute Gasteiger partial charge is 0.506 e. The third-order valence-corrected chi connectivity index (χ3v) is 6.32. The standard InChI is InChI=1S/C16H9Cl2N3O3S2/c17-7-1-2-9(18)10(3-7)20-13(24)6-25-16-8(5-19)14-15(26-16)11(22)4-12(23)21-14/h1-4H,6H2,(H,20,24)(H2,21,22,23). The van der Waals surface area contributed by atoms with Crippen molar-refractivity contribution < 1.29 is 9.90 Å². The third-order valence-electron chi connectivity index (χ3n) is 3.27.